The Hall–Kier alpha value is -2.82. The Morgan fingerprint density at radius 3 is 2.77 bits per heavy atom. The maximum Gasteiger partial charge on any atom is 0.251 e. The molecule has 0 saturated heterocycles. The molecule has 3 N–H and O–H groups in total. The third-order valence-electron chi connectivity index (χ3n) is 4.82. The molecule has 0 heterocycles. The molecule has 0 aliphatic heterocycles. The summed E-state index contributed by atoms with van der Waals surface area (Å²) < 4.78 is 0. The Bertz CT molecular complexity index is 800. The van der Waals surface area contributed by atoms with E-state index in [2.05, 4.69) is 45.2 Å². The van der Waals surface area contributed by atoms with Gasteiger partial charge in [0, 0.05) is 38.7 Å². The minimum absolute atomic E-state index is 0.0573. The minimum Gasteiger partial charge on any atom is -0.356 e. The van der Waals surface area contributed by atoms with E-state index in [0.717, 1.165) is 37.5 Å². The van der Waals surface area contributed by atoms with Crippen LogP contribution in [-0.2, 0) is 12.8 Å². The third kappa shape index (κ3) is 4.23. The molecule has 1 aliphatic carbocycles. The van der Waals surface area contributed by atoms with E-state index in [1.54, 1.807) is 14.1 Å². The standard InChI is InChI=1S/C21H26N4O/c1-22-20(26)17-8-5-6-15(12-17)10-11-24-21(23-2)25-14-18-13-16-7-3-4-9-19(16)18/h3-9,12,18H,10-11,13-14H2,1-2H3,(H,22,26)(H2,23,24,25). The molecule has 0 saturated carbocycles. The average molecular weight is 350 g/mol. The van der Waals surface area contributed by atoms with Crippen molar-refractivity contribution in [1.82, 2.24) is 16.0 Å². The van der Waals surface area contributed by atoms with Gasteiger partial charge in [0.1, 0.15) is 0 Å². The number of nitrogens with zero attached hydrogens (tertiary/aromatic N) is 1. The van der Waals surface area contributed by atoms with E-state index in [1.807, 2.05) is 24.3 Å². The van der Waals surface area contributed by atoms with Crippen LogP contribution in [0.5, 0.6) is 0 Å². The van der Waals surface area contributed by atoms with Gasteiger partial charge >= 0.3 is 0 Å². The molecule has 0 radical (unpaired) electrons. The molecule has 0 bridgehead atoms. The first kappa shape index (κ1) is 18.0. The zero-order valence-corrected chi connectivity index (χ0v) is 15.4. The van der Waals surface area contributed by atoms with E-state index in [1.165, 1.54) is 11.1 Å². The number of benzene rings is 2. The number of amides is 1. The van der Waals surface area contributed by atoms with Crippen molar-refractivity contribution < 1.29 is 4.79 Å². The Morgan fingerprint density at radius 2 is 2.00 bits per heavy atom. The summed E-state index contributed by atoms with van der Waals surface area (Å²) in [7, 11) is 3.43. The highest BCUT2D eigenvalue weighted by Crippen LogP contribution is 2.33. The molecule has 0 aromatic heterocycles. The molecule has 5 nitrogen and oxygen atoms in total. The average Bonchev–Trinajstić information content (AvgIpc) is 2.66. The van der Waals surface area contributed by atoms with Gasteiger partial charge in [-0.05, 0) is 41.7 Å². The second-order valence-corrected chi connectivity index (χ2v) is 6.51. The molecule has 1 atom stereocenters. The predicted octanol–water partition coefficient (Wildman–Crippen LogP) is 2.09. The summed E-state index contributed by atoms with van der Waals surface area (Å²) in [4.78, 5) is 16.0. The number of fused-ring (bicyclic) bond motifs is 1. The number of hydrogen-bond acceptors (Lipinski definition) is 2. The summed E-state index contributed by atoms with van der Waals surface area (Å²) in [6, 6.07) is 16.3. The van der Waals surface area contributed by atoms with Crippen molar-refractivity contribution >= 4 is 11.9 Å². The second-order valence-electron chi connectivity index (χ2n) is 6.51. The maximum absolute atomic E-state index is 11.7. The van der Waals surface area contributed by atoms with Gasteiger partial charge in [-0.2, -0.15) is 0 Å². The summed E-state index contributed by atoms with van der Waals surface area (Å²) in [6.07, 6.45) is 1.96. The van der Waals surface area contributed by atoms with E-state index in [9.17, 15) is 4.79 Å². The summed E-state index contributed by atoms with van der Waals surface area (Å²) in [6.45, 7) is 1.65. The van der Waals surface area contributed by atoms with Crippen LogP contribution in [0.15, 0.2) is 53.5 Å². The fourth-order valence-corrected chi connectivity index (χ4v) is 3.32. The summed E-state index contributed by atoms with van der Waals surface area (Å²) in [5.74, 6) is 1.32. The van der Waals surface area contributed by atoms with Crippen LogP contribution in [0.1, 0.15) is 33.0 Å². The summed E-state index contributed by atoms with van der Waals surface area (Å²) in [5, 5.41) is 9.41. The zero-order valence-electron chi connectivity index (χ0n) is 15.4. The van der Waals surface area contributed by atoms with Crippen molar-refractivity contribution in [3.63, 3.8) is 0 Å². The van der Waals surface area contributed by atoms with Crippen LogP contribution >= 0.6 is 0 Å². The molecule has 1 aliphatic rings. The van der Waals surface area contributed by atoms with E-state index < -0.39 is 0 Å². The molecule has 26 heavy (non-hydrogen) atoms. The first-order valence-electron chi connectivity index (χ1n) is 9.04. The van der Waals surface area contributed by atoms with Gasteiger partial charge in [-0.15, -0.1) is 0 Å². The van der Waals surface area contributed by atoms with Crippen molar-refractivity contribution in [2.45, 2.75) is 18.8 Å². The first-order chi connectivity index (χ1) is 12.7. The highest BCUT2D eigenvalue weighted by atomic mass is 16.1. The summed E-state index contributed by atoms with van der Waals surface area (Å²) in [5.41, 5.74) is 4.72. The van der Waals surface area contributed by atoms with Crippen molar-refractivity contribution in [3.8, 4) is 0 Å². The van der Waals surface area contributed by atoms with Crippen LogP contribution in [0, 0.1) is 0 Å². The van der Waals surface area contributed by atoms with Gasteiger partial charge in [0.05, 0.1) is 0 Å². The SMILES string of the molecule is CN=C(NCCc1cccc(C(=O)NC)c1)NCC1Cc2ccccc21. The van der Waals surface area contributed by atoms with Crippen LogP contribution in [0.2, 0.25) is 0 Å². The number of aliphatic imine (C=N–C) groups is 1. The molecule has 0 spiro atoms. The van der Waals surface area contributed by atoms with E-state index in [-0.39, 0.29) is 5.91 Å². The van der Waals surface area contributed by atoms with Gasteiger partial charge in [-0.3, -0.25) is 9.79 Å². The second kappa shape index (κ2) is 8.52. The van der Waals surface area contributed by atoms with Gasteiger partial charge in [0.25, 0.3) is 5.91 Å². The monoisotopic (exact) mass is 350 g/mol. The molecule has 136 valence electrons. The molecule has 1 amide bonds. The van der Waals surface area contributed by atoms with Gasteiger partial charge in [-0.1, -0.05) is 36.4 Å². The lowest BCUT2D eigenvalue weighted by molar-refractivity contribution is 0.0963. The Balaban J connectivity index is 1.44. The van der Waals surface area contributed by atoms with Crippen molar-refractivity contribution in [2.24, 2.45) is 4.99 Å². The van der Waals surface area contributed by atoms with Crippen LogP contribution in [-0.4, -0.2) is 39.1 Å². The minimum atomic E-state index is -0.0573. The fourth-order valence-electron chi connectivity index (χ4n) is 3.32. The summed E-state index contributed by atoms with van der Waals surface area (Å²) >= 11 is 0. The lowest BCUT2D eigenvalue weighted by atomic mass is 9.78. The molecule has 3 rings (SSSR count). The van der Waals surface area contributed by atoms with Crippen molar-refractivity contribution in [1.29, 1.82) is 0 Å². The third-order valence-corrected chi connectivity index (χ3v) is 4.82. The molecule has 2 aromatic carbocycles. The van der Waals surface area contributed by atoms with E-state index in [0.29, 0.717) is 11.5 Å². The highest BCUT2D eigenvalue weighted by molar-refractivity contribution is 5.94. The number of nitrogens with one attached hydrogen (secondary N) is 3. The normalized spacial score (nSPS) is 15.6. The van der Waals surface area contributed by atoms with Crippen molar-refractivity contribution in [2.75, 3.05) is 27.2 Å². The molecule has 2 aromatic rings. The topological polar surface area (TPSA) is 65.5 Å². The Kier molecular flexibility index (Phi) is 5.89. The smallest absolute Gasteiger partial charge is 0.251 e. The largest absolute Gasteiger partial charge is 0.356 e. The lowest BCUT2D eigenvalue weighted by Gasteiger charge is -2.30. The Morgan fingerprint density at radius 1 is 1.15 bits per heavy atom. The van der Waals surface area contributed by atoms with Crippen LogP contribution in [0.25, 0.3) is 0 Å². The number of carbonyl (C=O) groups is 1. The number of guanidine groups is 1. The van der Waals surface area contributed by atoms with Crippen LogP contribution < -0.4 is 16.0 Å². The van der Waals surface area contributed by atoms with Gasteiger partial charge in [0.2, 0.25) is 0 Å². The Labute approximate surface area is 154 Å². The van der Waals surface area contributed by atoms with Crippen LogP contribution in [0.4, 0.5) is 0 Å². The van der Waals surface area contributed by atoms with E-state index >= 15 is 0 Å². The maximum atomic E-state index is 11.7. The van der Waals surface area contributed by atoms with Crippen molar-refractivity contribution in [3.05, 3.63) is 70.8 Å². The molecule has 5 heteroatoms. The molecule has 1 unspecified atom stereocenters. The molecular weight excluding hydrogens is 324 g/mol. The number of rotatable bonds is 6. The van der Waals surface area contributed by atoms with Gasteiger partial charge in [0.15, 0.2) is 5.96 Å². The number of carbonyl (C=O) groups excluding carboxylic acids is 1. The van der Waals surface area contributed by atoms with Crippen LogP contribution in [0.3, 0.4) is 0 Å². The lowest BCUT2D eigenvalue weighted by Crippen LogP contribution is -2.41. The highest BCUT2D eigenvalue weighted by Gasteiger charge is 2.25. The first-order valence-corrected chi connectivity index (χ1v) is 9.04. The van der Waals surface area contributed by atoms with Gasteiger partial charge < -0.3 is 16.0 Å². The fraction of sp³-hybridized carbons (Fsp3) is 0.333. The molecule has 0 fully saturated rings. The zero-order chi connectivity index (χ0) is 18.4. The van der Waals surface area contributed by atoms with E-state index in [4.69, 9.17) is 0 Å². The molecular formula is C21H26N4O. The number of hydrogen-bond donors (Lipinski definition) is 3. The van der Waals surface area contributed by atoms with Gasteiger partial charge in [-0.25, -0.2) is 0 Å². The predicted molar refractivity (Wildman–Crippen MR) is 106 cm³/mol. The quantitative estimate of drug-likeness (QED) is 0.552.